The third-order valence-electron chi connectivity index (χ3n) is 9.45. The molecule has 2 heteroatoms. The topological polar surface area (TPSA) is 0 Å². The molecule has 0 atom stereocenters. The van der Waals surface area contributed by atoms with E-state index in [2.05, 4.69) is 148 Å². The van der Waals surface area contributed by atoms with Crippen LogP contribution in [0.1, 0.15) is 0 Å². The van der Waals surface area contributed by atoms with Gasteiger partial charge in [-0.3, -0.25) is 0 Å². The summed E-state index contributed by atoms with van der Waals surface area (Å²) in [5.74, 6) is 0. The molecule has 8 rings (SSSR count). The minimum absolute atomic E-state index is 1.30. The lowest BCUT2D eigenvalue weighted by atomic mass is 9.82. The predicted molar refractivity (Wildman–Crippen MR) is 193 cm³/mol. The quantitative estimate of drug-likeness (QED) is 0.112. The lowest BCUT2D eigenvalue weighted by Gasteiger charge is -2.22. The van der Waals surface area contributed by atoms with Crippen molar-refractivity contribution in [3.63, 3.8) is 0 Å². The van der Waals surface area contributed by atoms with Crippen LogP contribution in [0.2, 0.25) is 39.3 Å². The van der Waals surface area contributed by atoms with Crippen molar-refractivity contribution in [1.82, 2.24) is 0 Å². The molecule has 0 saturated heterocycles. The van der Waals surface area contributed by atoms with Crippen molar-refractivity contribution in [2.24, 2.45) is 0 Å². The molecule has 0 N–H and O–H groups in total. The van der Waals surface area contributed by atoms with E-state index in [1.54, 1.807) is 0 Å². The van der Waals surface area contributed by atoms with Crippen molar-refractivity contribution < 1.29 is 0 Å². The molecule has 0 aliphatic rings. The summed E-state index contributed by atoms with van der Waals surface area (Å²) >= 11 is 0. The molecule has 0 aliphatic carbocycles. The Morgan fingerprint density at radius 2 is 0.738 bits per heavy atom. The number of benzene rings is 8. The summed E-state index contributed by atoms with van der Waals surface area (Å²) in [6, 6.07) is 42.4. The molecule has 0 saturated carbocycles. The number of hydrogen-bond acceptors (Lipinski definition) is 0. The van der Waals surface area contributed by atoms with Gasteiger partial charge in [-0.05, 0) is 100 Å². The summed E-state index contributed by atoms with van der Waals surface area (Å²) in [4.78, 5) is 0. The molecular formula is C40H36Si2. The van der Waals surface area contributed by atoms with Crippen LogP contribution in [-0.2, 0) is 0 Å². The summed E-state index contributed by atoms with van der Waals surface area (Å²) in [5, 5.41) is 16.6. The van der Waals surface area contributed by atoms with Crippen LogP contribution in [0.15, 0.2) is 109 Å². The summed E-state index contributed by atoms with van der Waals surface area (Å²) in [6.07, 6.45) is 0. The fourth-order valence-electron chi connectivity index (χ4n) is 7.17. The highest BCUT2D eigenvalue weighted by Gasteiger charge is 2.22. The zero-order chi connectivity index (χ0) is 29.0. The third-order valence-corrected chi connectivity index (χ3v) is 13.6. The maximum Gasteiger partial charge on any atom is 0.0775 e. The highest BCUT2D eigenvalue weighted by Crippen LogP contribution is 2.48. The second kappa shape index (κ2) is 8.76. The van der Waals surface area contributed by atoms with E-state index < -0.39 is 16.1 Å². The first-order chi connectivity index (χ1) is 20.1. The van der Waals surface area contributed by atoms with E-state index in [4.69, 9.17) is 0 Å². The molecule has 0 aliphatic heterocycles. The minimum atomic E-state index is -1.35. The first kappa shape index (κ1) is 25.7. The van der Waals surface area contributed by atoms with Crippen LogP contribution in [0, 0.1) is 0 Å². The lowest BCUT2D eigenvalue weighted by Crippen LogP contribution is -2.37. The van der Waals surface area contributed by atoms with E-state index in [0.29, 0.717) is 0 Å². The van der Waals surface area contributed by atoms with E-state index in [-0.39, 0.29) is 0 Å². The van der Waals surface area contributed by atoms with Gasteiger partial charge in [-0.2, -0.15) is 0 Å². The Hall–Kier alpha value is -3.99. The van der Waals surface area contributed by atoms with E-state index in [9.17, 15) is 0 Å². The first-order valence-corrected chi connectivity index (χ1v) is 22.2. The molecule has 42 heavy (non-hydrogen) atoms. The molecule has 0 amide bonds. The fraction of sp³-hybridized carbons (Fsp3) is 0.150. The van der Waals surface area contributed by atoms with Crippen LogP contribution in [-0.4, -0.2) is 16.1 Å². The minimum Gasteiger partial charge on any atom is -0.0656 e. The summed E-state index contributed by atoms with van der Waals surface area (Å²) < 4.78 is 0. The Balaban J connectivity index is 1.44. The first-order valence-electron chi connectivity index (χ1n) is 15.2. The monoisotopic (exact) mass is 572 g/mol. The van der Waals surface area contributed by atoms with Gasteiger partial charge in [-0.25, -0.2) is 0 Å². The van der Waals surface area contributed by atoms with Gasteiger partial charge in [0.05, 0.1) is 16.1 Å². The Kier molecular flexibility index (Phi) is 5.36. The molecule has 0 aromatic heterocycles. The zero-order valence-electron chi connectivity index (χ0n) is 25.4. The Morgan fingerprint density at radius 3 is 1.10 bits per heavy atom. The molecule has 204 valence electrons. The maximum atomic E-state index is 2.45. The van der Waals surface area contributed by atoms with Gasteiger partial charge < -0.3 is 0 Å². The highest BCUT2D eigenvalue weighted by atomic mass is 28.3. The van der Waals surface area contributed by atoms with Gasteiger partial charge in [0.15, 0.2) is 0 Å². The van der Waals surface area contributed by atoms with Crippen molar-refractivity contribution in [1.29, 1.82) is 0 Å². The maximum absolute atomic E-state index is 2.45. The Morgan fingerprint density at radius 1 is 0.357 bits per heavy atom. The average molecular weight is 573 g/mol. The van der Waals surface area contributed by atoms with Crippen LogP contribution < -0.4 is 10.4 Å². The van der Waals surface area contributed by atoms with Gasteiger partial charge in [-0.15, -0.1) is 0 Å². The number of rotatable bonds is 4. The van der Waals surface area contributed by atoms with Gasteiger partial charge >= 0.3 is 0 Å². The van der Waals surface area contributed by atoms with Crippen molar-refractivity contribution >= 4 is 80.4 Å². The Labute approximate surface area is 250 Å². The smallest absolute Gasteiger partial charge is 0.0656 e. The second-order valence-electron chi connectivity index (χ2n) is 14.3. The van der Waals surface area contributed by atoms with Gasteiger partial charge in [-0.1, -0.05) is 135 Å². The van der Waals surface area contributed by atoms with E-state index in [1.807, 2.05) is 0 Å². The van der Waals surface area contributed by atoms with Crippen molar-refractivity contribution in [3.05, 3.63) is 109 Å². The van der Waals surface area contributed by atoms with Crippen LogP contribution >= 0.6 is 0 Å². The second-order valence-corrected chi connectivity index (χ2v) is 24.4. The van der Waals surface area contributed by atoms with Crippen LogP contribution in [0.3, 0.4) is 0 Å². The summed E-state index contributed by atoms with van der Waals surface area (Å²) in [6.45, 7) is 14.5. The van der Waals surface area contributed by atoms with Gasteiger partial charge in [0.1, 0.15) is 0 Å². The molecule has 0 fully saturated rings. The zero-order valence-corrected chi connectivity index (χ0v) is 27.4. The molecule has 0 unspecified atom stereocenters. The van der Waals surface area contributed by atoms with E-state index >= 15 is 0 Å². The standard InChI is InChI=1S/C40H36Si2/c1-41(2,3)31-17-13-25(14-18-31)35-23-29-21-28-10-8-12-34-36(26-15-19-32(20-16-26)42(4,5)6)24-30-22-27-9-7-11-33(35)37(27)39(29)40(30)38(28)34/h7-24H,1-6H3. The molecule has 8 aromatic carbocycles. The SMILES string of the molecule is C[Si](C)(C)c1ccc(-c2cc3cc4cccc5c(-c6ccc([Si](C)(C)C)cc6)cc6cc7cccc2c7c3c6c45)cc1. The normalized spacial score (nSPS) is 13.0. The van der Waals surface area contributed by atoms with E-state index in [0.717, 1.165) is 0 Å². The Bertz CT molecular complexity index is 2110. The van der Waals surface area contributed by atoms with E-state index in [1.165, 1.54) is 86.5 Å². The highest BCUT2D eigenvalue weighted by molar-refractivity contribution is 6.89. The van der Waals surface area contributed by atoms with Crippen molar-refractivity contribution in [2.45, 2.75) is 39.3 Å². The largest absolute Gasteiger partial charge is 0.0775 e. The molecule has 0 heterocycles. The van der Waals surface area contributed by atoms with Crippen molar-refractivity contribution in [2.75, 3.05) is 0 Å². The molecule has 0 spiro atoms. The van der Waals surface area contributed by atoms with Gasteiger partial charge in [0.2, 0.25) is 0 Å². The average Bonchev–Trinajstić information content (AvgIpc) is 2.97. The van der Waals surface area contributed by atoms with Gasteiger partial charge in [0.25, 0.3) is 0 Å². The lowest BCUT2D eigenvalue weighted by molar-refractivity contribution is 1.65. The summed E-state index contributed by atoms with van der Waals surface area (Å²) in [7, 11) is -2.70. The predicted octanol–water partition coefficient (Wildman–Crippen LogP) is 10.8. The molecule has 0 radical (unpaired) electrons. The van der Waals surface area contributed by atoms with Gasteiger partial charge in [0, 0.05) is 0 Å². The fourth-order valence-corrected chi connectivity index (χ4v) is 9.50. The molecule has 0 nitrogen and oxygen atoms in total. The molecule has 0 bridgehead atoms. The molecule has 8 aromatic rings. The van der Waals surface area contributed by atoms with Crippen LogP contribution in [0.25, 0.3) is 76.1 Å². The third kappa shape index (κ3) is 3.78. The molecular weight excluding hydrogens is 537 g/mol. The van der Waals surface area contributed by atoms with Crippen LogP contribution in [0.5, 0.6) is 0 Å². The van der Waals surface area contributed by atoms with Crippen LogP contribution in [0.4, 0.5) is 0 Å². The summed E-state index contributed by atoms with van der Waals surface area (Å²) in [5.41, 5.74) is 5.26. The van der Waals surface area contributed by atoms with Crippen molar-refractivity contribution in [3.8, 4) is 22.3 Å². The number of hydrogen-bond donors (Lipinski definition) is 0.